The smallest absolute Gasteiger partial charge is 0.256 e. The predicted octanol–water partition coefficient (Wildman–Crippen LogP) is 4.64. The zero-order chi connectivity index (χ0) is 14.0. The second-order valence-corrected chi connectivity index (χ2v) is 4.42. The minimum atomic E-state index is -4.34. The second kappa shape index (κ2) is 5.03. The van der Waals surface area contributed by atoms with Gasteiger partial charge in [-0.15, -0.1) is 0 Å². The van der Waals surface area contributed by atoms with E-state index >= 15 is 0 Å². The summed E-state index contributed by atoms with van der Waals surface area (Å²) in [5.74, 6) is 0. The second-order valence-electron chi connectivity index (χ2n) is 4.42. The Morgan fingerprint density at radius 2 is 1.84 bits per heavy atom. The van der Waals surface area contributed by atoms with E-state index in [0.29, 0.717) is 5.69 Å². The lowest BCUT2D eigenvalue weighted by atomic mass is 10.0. The molecule has 100 valence electrons. The highest BCUT2D eigenvalue weighted by atomic mass is 19.4. The van der Waals surface area contributed by atoms with Gasteiger partial charge < -0.3 is 0 Å². The van der Waals surface area contributed by atoms with Gasteiger partial charge in [-0.1, -0.05) is 19.1 Å². The first kappa shape index (κ1) is 13.6. The first-order chi connectivity index (χ1) is 8.91. The highest BCUT2D eigenvalue weighted by Crippen LogP contribution is 2.30. The van der Waals surface area contributed by atoms with Crippen LogP contribution >= 0.6 is 0 Å². The van der Waals surface area contributed by atoms with Crippen molar-refractivity contribution < 1.29 is 13.2 Å². The van der Waals surface area contributed by atoms with Gasteiger partial charge in [0.2, 0.25) is 0 Å². The molecule has 0 bridgehead atoms. The Hall–Kier alpha value is -1.84. The molecule has 0 unspecified atom stereocenters. The van der Waals surface area contributed by atoms with E-state index in [1.165, 1.54) is 11.6 Å². The Kier molecular flexibility index (Phi) is 3.60. The number of alkyl halides is 3. The van der Waals surface area contributed by atoms with Crippen LogP contribution in [-0.4, -0.2) is 4.98 Å². The van der Waals surface area contributed by atoms with Gasteiger partial charge in [0.05, 0.1) is 11.3 Å². The molecule has 0 aliphatic carbocycles. The molecule has 0 aliphatic rings. The Balaban J connectivity index is 2.35. The van der Waals surface area contributed by atoms with Gasteiger partial charge in [0, 0.05) is 11.8 Å². The van der Waals surface area contributed by atoms with E-state index in [2.05, 4.69) is 11.9 Å². The van der Waals surface area contributed by atoms with Crippen LogP contribution in [0.5, 0.6) is 0 Å². The number of hydrogen-bond acceptors (Lipinski definition) is 1. The van der Waals surface area contributed by atoms with Gasteiger partial charge in [0.1, 0.15) is 0 Å². The van der Waals surface area contributed by atoms with E-state index in [9.17, 15) is 13.2 Å². The molecular weight excluding hydrogens is 251 g/mol. The van der Waals surface area contributed by atoms with Gasteiger partial charge in [0.25, 0.3) is 0 Å². The summed E-state index contributed by atoms with van der Waals surface area (Å²) in [6.45, 7) is 4.06. The Bertz CT molecular complexity index is 571. The van der Waals surface area contributed by atoms with E-state index in [4.69, 9.17) is 0 Å². The summed E-state index contributed by atoms with van der Waals surface area (Å²) in [7, 11) is 0. The summed E-state index contributed by atoms with van der Waals surface area (Å²) < 4.78 is 37.3. The summed E-state index contributed by atoms with van der Waals surface area (Å²) in [4.78, 5) is 3.89. The summed E-state index contributed by atoms with van der Waals surface area (Å²) in [5.41, 5.74) is 3.03. The molecule has 0 saturated heterocycles. The largest absolute Gasteiger partial charge is 0.417 e. The average molecular weight is 265 g/mol. The molecule has 0 aliphatic heterocycles. The lowest BCUT2D eigenvalue weighted by Gasteiger charge is -2.09. The van der Waals surface area contributed by atoms with Crippen molar-refractivity contribution in [1.82, 2.24) is 4.98 Å². The van der Waals surface area contributed by atoms with Crippen LogP contribution in [0.3, 0.4) is 0 Å². The Morgan fingerprint density at radius 1 is 1.11 bits per heavy atom. The monoisotopic (exact) mass is 265 g/mol. The van der Waals surface area contributed by atoms with Crippen LogP contribution < -0.4 is 0 Å². The third kappa shape index (κ3) is 2.95. The van der Waals surface area contributed by atoms with Crippen molar-refractivity contribution in [3.8, 4) is 11.3 Å². The van der Waals surface area contributed by atoms with Crippen LogP contribution in [0.15, 0.2) is 36.5 Å². The number of aryl methyl sites for hydroxylation is 2. The minimum Gasteiger partial charge on any atom is -0.256 e. The molecule has 0 fully saturated rings. The highest BCUT2D eigenvalue weighted by molar-refractivity contribution is 5.61. The van der Waals surface area contributed by atoms with Crippen molar-refractivity contribution >= 4 is 0 Å². The lowest BCUT2D eigenvalue weighted by Crippen LogP contribution is -2.05. The third-order valence-electron chi connectivity index (χ3n) is 3.11. The van der Waals surface area contributed by atoms with Crippen LogP contribution in [0, 0.1) is 6.92 Å². The summed E-state index contributed by atoms with van der Waals surface area (Å²) in [6.07, 6.45) is -2.53. The molecule has 0 amide bonds. The molecule has 1 aromatic heterocycles. The van der Waals surface area contributed by atoms with Crippen molar-refractivity contribution in [1.29, 1.82) is 0 Å². The number of halogens is 3. The number of hydrogen-bond donors (Lipinski definition) is 0. The van der Waals surface area contributed by atoms with E-state index in [1.807, 2.05) is 25.1 Å². The normalized spacial score (nSPS) is 11.6. The maximum Gasteiger partial charge on any atom is 0.417 e. The first-order valence-electron chi connectivity index (χ1n) is 6.05. The molecule has 0 saturated carbocycles. The zero-order valence-corrected chi connectivity index (χ0v) is 10.8. The standard InChI is InChI=1S/C15H14F3N/c1-3-11-4-5-12(8-10(11)2)14-7-6-13(9-19-14)15(16,17)18/h4-9H,3H2,1-2H3. The average Bonchev–Trinajstić information content (AvgIpc) is 2.38. The van der Waals surface area contributed by atoms with Gasteiger partial charge in [-0.25, -0.2) is 0 Å². The topological polar surface area (TPSA) is 12.9 Å². The van der Waals surface area contributed by atoms with Crippen molar-refractivity contribution in [3.63, 3.8) is 0 Å². The first-order valence-corrected chi connectivity index (χ1v) is 6.05. The van der Waals surface area contributed by atoms with E-state index in [-0.39, 0.29) is 0 Å². The van der Waals surface area contributed by atoms with Crippen LogP contribution in [0.1, 0.15) is 23.6 Å². The van der Waals surface area contributed by atoms with Crippen LogP contribution in [0.4, 0.5) is 13.2 Å². The zero-order valence-electron chi connectivity index (χ0n) is 10.8. The van der Waals surface area contributed by atoms with Crippen LogP contribution in [0.25, 0.3) is 11.3 Å². The molecule has 0 radical (unpaired) electrons. The van der Waals surface area contributed by atoms with Crippen molar-refractivity contribution in [3.05, 3.63) is 53.2 Å². The molecule has 0 spiro atoms. The third-order valence-corrected chi connectivity index (χ3v) is 3.11. The molecule has 4 heteroatoms. The fourth-order valence-corrected chi connectivity index (χ4v) is 1.98. The highest BCUT2D eigenvalue weighted by Gasteiger charge is 2.30. The fourth-order valence-electron chi connectivity index (χ4n) is 1.98. The maximum absolute atomic E-state index is 12.4. The maximum atomic E-state index is 12.4. The molecule has 2 aromatic rings. The number of rotatable bonds is 2. The molecule has 0 atom stereocenters. The number of benzene rings is 1. The fraction of sp³-hybridized carbons (Fsp3) is 0.267. The van der Waals surface area contributed by atoms with E-state index in [1.54, 1.807) is 0 Å². The number of pyridine rings is 1. The lowest BCUT2D eigenvalue weighted by molar-refractivity contribution is -0.137. The molecule has 19 heavy (non-hydrogen) atoms. The van der Waals surface area contributed by atoms with Crippen molar-refractivity contribution in [2.24, 2.45) is 0 Å². The Morgan fingerprint density at radius 3 is 2.32 bits per heavy atom. The molecule has 1 nitrogen and oxygen atoms in total. The molecule has 0 N–H and O–H groups in total. The van der Waals surface area contributed by atoms with Gasteiger partial charge in [-0.2, -0.15) is 13.2 Å². The molecule has 1 heterocycles. The summed E-state index contributed by atoms with van der Waals surface area (Å²) >= 11 is 0. The van der Waals surface area contributed by atoms with E-state index < -0.39 is 11.7 Å². The van der Waals surface area contributed by atoms with Gasteiger partial charge in [-0.05, 0) is 42.7 Å². The molecular formula is C15H14F3N. The van der Waals surface area contributed by atoms with Gasteiger partial charge in [-0.3, -0.25) is 4.98 Å². The molecule has 1 aromatic carbocycles. The van der Waals surface area contributed by atoms with Crippen LogP contribution in [-0.2, 0) is 12.6 Å². The summed E-state index contributed by atoms with van der Waals surface area (Å²) in [6, 6.07) is 8.30. The van der Waals surface area contributed by atoms with Gasteiger partial charge >= 0.3 is 6.18 Å². The molecule has 2 rings (SSSR count). The minimum absolute atomic E-state index is 0.554. The number of nitrogens with zero attached hydrogens (tertiary/aromatic N) is 1. The SMILES string of the molecule is CCc1ccc(-c2ccc(C(F)(F)F)cn2)cc1C. The van der Waals surface area contributed by atoms with Crippen molar-refractivity contribution in [2.75, 3.05) is 0 Å². The quantitative estimate of drug-likeness (QED) is 0.771. The number of aromatic nitrogens is 1. The van der Waals surface area contributed by atoms with Crippen LogP contribution in [0.2, 0.25) is 0 Å². The van der Waals surface area contributed by atoms with Gasteiger partial charge in [0.15, 0.2) is 0 Å². The predicted molar refractivity (Wildman–Crippen MR) is 68.8 cm³/mol. The van der Waals surface area contributed by atoms with Crippen molar-refractivity contribution in [2.45, 2.75) is 26.4 Å². The van der Waals surface area contributed by atoms with E-state index in [0.717, 1.165) is 29.8 Å². The summed E-state index contributed by atoms with van der Waals surface area (Å²) in [5, 5.41) is 0. The Labute approximate surface area is 110 Å².